The maximum absolute atomic E-state index is 12.2. The van der Waals surface area contributed by atoms with Crippen LogP contribution in [-0.2, 0) is 6.54 Å². The fourth-order valence-corrected chi connectivity index (χ4v) is 3.09. The molecule has 0 unspecified atom stereocenters. The second kappa shape index (κ2) is 6.54. The molecule has 0 aliphatic rings. The van der Waals surface area contributed by atoms with Gasteiger partial charge in [0, 0.05) is 16.7 Å². The lowest BCUT2D eigenvalue weighted by Gasteiger charge is -2.08. The van der Waals surface area contributed by atoms with Crippen LogP contribution in [0.3, 0.4) is 0 Å². The third kappa shape index (κ3) is 3.32. The largest absolute Gasteiger partial charge is 0.268 e. The number of rotatable bonds is 3. The number of halogens is 1. The van der Waals surface area contributed by atoms with E-state index in [4.69, 9.17) is 11.6 Å². The van der Waals surface area contributed by atoms with Crippen LogP contribution in [0.15, 0.2) is 83.7 Å². The fraction of sp³-hybridized carbons (Fsp3) is 0.0476. The van der Waals surface area contributed by atoms with Crippen molar-refractivity contribution in [2.75, 3.05) is 0 Å². The lowest BCUT2D eigenvalue weighted by atomic mass is 10.1. The van der Waals surface area contributed by atoms with Gasteiger partial charge >= 0.3 is 0 Å². The van der Waals surface area contributed by atoms with Gasteiger partial charge in [0.2, 0.25) is 0 Å². The summed E-state index contributed by atoms with van der Waals surface area (Å²) in [7, 11) is 0. The number of aromatic nitrogens is 2. The van der Waals surface area contributed by atoms with Crippen molar-refractivity contribution in [3.05, 3.63) is 99.8 Å². The van der Waals surface area contributed by atoms with E-state index in [1.165, 1.54) is 10.1 Å². The molecule has 0 aliphatic carbocycles. The standard InChI is InChI=1S/C21H15ClN2O/c22-19-7-3-4-15(12-19)14-24-21(25)11-10-20(23-24)18-9-8-16-5-1-2-6-17(16)13-18/h1-13H,14H2. The van der Waals surface area contributed by atoms with Gasteiger partial charge in [-0.2, -0.15) is 5.10 Å². The van der Waals surface area contributed by atoms with Crippen LogP contribution in [0, 0.1) is 0 Å². The van der Waals surface area contributed by atoms with Crippen molar-refractivity contribution in [2.24, 2.45) is 0 Å². The molecule has 4 rings (SSSR count). The zero-order chi connectivity index (χ0) is 17.2. The van der Waals surface area contributed by atoms with E-state index in [0.717, 1.165) is 22.2 Å². The summed E-state index contributed by atoms with van der Waals surface area (Å²) < 4.78 is 1.47. The maximum atomic E-state index is 12.2. The molecule has 0 spiro atoms. The summed E-state index contributed by atoms with van der Waals surface area (Å²) in [5.41, 5.74) is 2.56. The summed E-state index contributed by atoms with van der Waals surface area (Å²) >= 11 is 6.03. The van der Waals surface area contributed by atoms with Gasteiger partial charge in [0.15, 0.2) is 0 Å². The highest BCUT2D eigenvalue weighted by Crippen LogP contribution is 2.22. The second-order valence-corrected chi connectivity index (χ2v) is 6.34. The lowest BCUT2D eigenvalue weighted by Crippen LogP contribution is -2.22. The molecule has 0 saturated heterocycles. The van der Waals surface area contributed by atoms with Crippen LogP contribution in [0.25, 0.3) is 22.0 Å². The topological polar surface area (TPSA) is 34.9 Å². The Hall–Kier alpha value is -2.91. The van der Waals surface area contributed by atoms with Crippen LogP contribution in [0.2, 0.25) is 5.02 Å². The SMILES string of the molecule is O=c1ccc(-c2ccc3ccccc3c2)nn1Cc1cccc(Cl)c1. The predicted molar refractivity (Wildman–Crippen MR) is 102 cm³/mol. The Bertz CT molecular complexity index is 1120. The molecule has 3 aromatic carbocycles. The van der Waals surface area contributed by atoms with Gasteiger partial charge in [0.1, 0.15) is 0 Å². The molecule has 0 radical (unpaired) electrons. The summed E-state index contributed by atoms with van der Waals surface area (Å²) in [6, 6.07) is 25.1. The number of nitrogens with zero attached hydrogens (tertiary/aromatic N) is 2. The molecule has 3 nitrogen and oxygen atoms in total. The molecule has 0 atom stereocenters. The quantitative estimate of drug-likeness (QED) is 0.536. The third-order valence-corrected chi connectivity index (χ3v) is 4.37. The van der Waals surface area contributed by atoms with Crippen molar-refractivity contribution in [1.82, 2.24) is 9.78 Å². The minimum atomic E-state index is -0.135. The third-order valence-electron chi connectivity index (χ3n) is 4.13. The number of hydrogen-bond donors (Lipinski definition) is 0. The van der Waals surface area contributed by atoms with Gasteiger partial charge in [-0.05, 0) is 40.6 Å². The second-order valence-electron chi connectivity index (χ2n) is 5.91. The molecule has 1 aromatic heterocycles. The van der Waals surface area contributed by atoms with Gasteiger partial charge in [-0.15, -0.1) is 0 Å². The average molecular weight is 347 g/mol. The first-order valence-electron chi connectivity index (χ1n) is 8.01. The summed E-state index contributed by atoms with van der Waals surface area (Å²) in [5, 5.41) is 7.51. The number of hydrogen-bond acceptors (Lipinski definition) is 2. The highest BCUT2D eigenvalue weighted by Gasteiger charge is 2.06. The molecule has 4 heteroatoms. The van der Waals surface area contributed by atoms with Gasteiger partial charge in [-0.25, -0.2) is 4.68 Å². The molecule has 0 amide bonds. The minimum absolute atomic E-state index is 0.135. The van der Waals surface area contributed by atoms with E-state index in [1.807, 2.05) is 42.5 Å². The van der Waals surface area contributed by atoms with Crippen LogP contribution in [0.5, 0.6) is 0 Å². The van der Waals surface area contributed by atoms with Gasteiger partial charge in [-0.1, -0.05) is 60.1 Å². The zero-order valence-electron chi connectivity index (χ0n) is 13.4. The van der Waals surface area contributed by atoms with Gasteiger partial charge in [0.05, 0.1) is 12.2 Å². The maximum Gasteiger partial charge on any atom is 0.267 e. The Morgan fingerprint density at radius 1 is 0.840 bits per heavy atom. The molecule has 4 aromatic rings. The highest BCUT2D eigenvalue weighted by atomic mass is 35.5. The summed E-state index contributed by atoms with van der Waals surface area (Å²) in [5.74, 6) is 0. The smallest absolute Gasteiger partial charge is 0.267 e. The molecular formula is C21H15ClN2O. The monoisotopic (exact) mass is 346 g/mol. The Labute approximate surface area is 150 Å². The molecular weight excluding hydrogens is 332 g/mol. The van der Waals surface area contributed by atoms with Crippen LogP contribution in [0.4, 0.5) is 0 Å². The zero-order valence-corrected chi connectivity index (χ0v) is 14.1. The van der Waals surface area contributed by atoms with Crippen molar-refractivity contribution in [3.8, 4) is 11.3 Å². The Balaban J connectivity index is 1.74. The van der Waals surface area contributed by atoms with Crippen LogP contribution in [-0.4, -0.2) is 9.78 Å². The Morgan fingerprint density at radius 2 is 1.68 bits per heavy atom. The van der Waals surface area contributed by atoms with Crippen molar-refractivity contribution >= 4 is 22.4 Å². The lowest BCUT2D eigenvalue weighted by molar-refractivity contribution is 0.643. The predicted octanol–water partition coefficient (Wildman–Crippen LogP) is 4.77. The van der Waals surface area contributed by atoms with Gasteiger partial charge in [-0.3, -0.25) is 4.79 Å². The minimum Gasteiger partial charge on any atom is -0.268 e. The fourth-order valence-electron chi connectivity index (χ4n) is 2.87. The highest BCUT2D eigenvalue weighted by molar-refractivity contribution is 6.30. The van der Waals surface area contributed by atoms with E-state index < -0.39 is 0 Å². The van der Waals surface area contributed by atoms with E-state index in [2.05, 4.69) is 29.4 Å². The first-order valence-corrected chi connectivity index (χ1v) is 8.39. The van der Waals surface area contributed by atoms with Gasteiger partial charge in [0.25, 0.3) is 5.56 Å². The van der Waals surface area contributed by atoms with E-state index >= 15 is 0 Å². The van der Waals surface area contributed by atoms with Crippen LogP contribution >= 0.6 is 11.6 Å². The van der Waals surface area contributed by atoms with E-state index in [0.29, 0.717) is 11.6 Å². The first-order chi connectivity index (χ1) is 12.2. The summed E-state index contributed by atoms with van der Waals surface area (Å²) in [6.45, 7) is 0.390. The molecule has 122 valence electrons. The molecule has 0 fully saturated rings. The Kier molecular flexibility index (Phi) is 4.08. The average Bonchev–Trinajstić information content (AvgIpc) is 2.63. The number of fused-ring (bicyclic) bond motifs is 1. The van der Waals surface area contributed by atoms with E-state index in [-0.39, 0.29) is 5.56 Å². The molecule has 0 aliphatic heterocycles. The number of benzene rings is 3. The van der Waals surface area contributed by atoms with Crippen molar-refractivity contribution in [1.29, 1.82) is 0 Å². The summed E-state index contributed by atoms with van der Waals surface area (Å²) in [6.07, 6.45) is 0. The Morgan fingerprint density at radius 3 is 2.52 bits per heavy atom. The first kappa shape index (κ1) is 15.6. The molecule has 0 bridgehead atoms. The van der Waals surface area contributed by atoms with E-state index in [9.17, 15) is 4.79 Å². The van der Waals surface area contributed by atoms with Crippen LogP contribution < -0.4 is 5.56 Å². The summed E-state index contributed by atoms with van der Waals surface area (Å²) in [4.78, 5) is 12.2. The van der Waals surface area contributed by atoms with Crippen LogP contribution in [0.1, 0.15) is 5.56 Å². The molecule has 25 heavy (non-hydrogen) atoms. The molecule has 0 saturated carbocycles. The van der Waals surface area contributed by atoms with E-state index in [1.54, 1.807) is 12.1 Å². The van der Waals surface area contributed by atoms with Gasteiger partial charge < -0.3 is 0 Å². The van der Waals surface area contributed by atoms with Crippen molar-refractivity contribution in [2.45, 2.75) is 6.54 Å². The van der Waals surface area contributed by atoms with Crippen molar-refractivity contribution in [3.63, 3.8) is 0 Å². The molecule has 1 heterocycles. The van der Waals surface area contributed by atoms with Crippen molar-refractivity contribution < 1.29 is 0 Å². The molecule has 0 N–H and O–H groups in total. The normalized spacial score (nSPS) is 10.9.